The molecule has 0 aliphatic carbocycles. The van der Waals surface area contributed by atoms with Crippen LogP contribution in [0.15, 0.2) is 75.6 Å². The molecule has 196 valence electrons. The zero-order chi connectivity index (χ0) is 27.6. The number of rotatable bonds is 7. The van der Waals surface area contributed by atoms with Gasteiger partial charge in [0.1, 0.15) is 10.5 Å². The molecule has 3 aromatic carbocycles. The fourth-order valence-electron chi connectivity index (χ4n) is 3.74. The summed E-state index contributed by atoms with van der Waals surface area (Å²) in [7, 11) is -4.14. The summed E-state index contributed by atoms with van der Waals surface area (Å²) in [6, 6.07) is 14.7. The van der Waals surface area contributed by atoms with Gasteiger partial charge in [-0.15, -0.1) is 0 Å². The molecule has 0 atom stereocenters. The van der Waals surface area contributed by atoms with Gasteiger partial charge < -0.3 is 8.92 Å². The average Bonchev–Trinajstić information content (AvgIpc) is 2.85. The summed E-state index contributed by atoms with van der Waals surface area (Å²) < 4.78 is 37.2. The zero-order valence-electron chi connectivity index (χ0n) is 20.6. The highest BCUT2D eigenvalue weighted by Crippen LogP contribution is 2.33. The number of aryl methyl sites for hydroxylation is 2. The molecular formula is C27H23BrN2O7S. The van der Waals surface area contributed by atoms with E-state index in [2.05, 4.69) is 21.2 Å². The summed E-state index contributed by atoms with van der Waals surface area (Å²) >= 11 is 3.35. The summed E-state index contributed by atoms with van der Waals surface area (Å²) in [6.07, 6.45) is 1.30. The molecular weight excluding hydrogens is 576 g/mol. The first-order valence-electron chi connectivity index (χ1n) is 11.5. The average molecular weight is 599 g/mol. The molecule has 38 heavy (non-hydrogen) atoms. The summed E-state index contributed by atoms with van der Waals surface area (Å²) in [5, 5.41) is 2.19. The number of hydrogen-bond acceptors (Lipinski definition) is 7. The zero-order valence-corrected chi connectivity index (χ0v) is 23.1. The molecule has 0 spiro atoms. The molecule has 1 aliphatic heterocycles. The van der Waals surface area contributed by atoms with Crippen molar-refractivity contribution < 1.29 is 31.7 Å². The Morgan fingerprint density at radius 2 is 1.66 bits per heavy atom. The maximum absolute atomic E-state index is 13.3. The van der Waals surface area contributed by atoms with Gasteiger partial charge in [0.05, 0.1) is 12.3 Å². The number of imide groups is 2. The Bertz CT molecular complexity index is 1580. The highest BCUT2D eigenvalue weighted by Gasteiger charge is 2.37. The van der Waals surface area contributed by atoms with Crippen LogP contribution in [0.5, 0.6) is 11.5 Å². The van der Waals surface area contributed by atoms with Gasteiger partial charge in [-0.1, -0.05) is 39.7 Å². The SMILES string of the molecule is CCOc1cc(/C=C2/C(=O)NC(=O)N(c3ccc(Br)cc3C)C2=O)ccc1OS(=O)(=O)c1ccc(C)cc1. The molecule has 0 saturated carbocycles. The lowest BCUT2D eigenvalue weighted by molar-refractivity contribution is -0.122. The number of carbonyl (C=O) groups excluding carboxylic acids is 3. The molecule has 0 bridgehead atoms. The molecule has 3 aromatic rings. The summed E-state index contributed by atoms with van der Waals surface area (Å²) in [6.45, 7) is 5.49. The Morgan fingerprint density at radius 3 is 2.32 bits per heavy atom. The van der Waals surface area contributed by atoms with Crippen LogP contribution in [0, 0.1) is 13.8 Å². The van der Waals surface area contributed by atoms with E-state index in [9.17, 15) is 22.8 Å². The number of nitrogens with one attached hydrogen (secondary N) is 1. The largest absolute Gasteiger partial charge is 0.490 e. The van der Waals surface area contributed by atoms with E-state index >= 15 is 0 Å². The lowest BCUT2D eigenvalue weighted by Crippen LogP contribution is -2.54. The minimum atomic E-state index is -4.14. The quantitative estimate of drug-likeness (QED) is 0.233. The first-order chi connectivity index (χ1) is 18.0. The van der Waals surface area contributed by atoms with E-state index in [0.717, 1.165) is 14.9 Å². The van der Waals surface area contributed by atoms with Crippen molar-refractivity contribution in [3.8, 4) is 11.5 Å². The third kappa shape index (κ3) is 5.63. The number of urea groups is 1. The van der Waals surface area contributed by atoms with E-state index in [1.165, 1.54) is 36.4 Å². The van der Waals surface area contributed by atoms with Gasteiger partial charge in [0.15, 0.2) is 11.5 Å². The highest BCUT2D eigenvalue weighted by atomic mass is 79.9. The highest BCUT2D eigenvalue weighted by molar-refractivity contribution is 9.10. The van der Waals surface area contributed by atoms with Gasteiger partial charge in [-0.25, -0.2) is 9.69 Å². The van der Waals surface area contributed by atoms with E-state index < -0.39 is 28.0 Å². The number of hydrogen-bond donors (Lipinski definition) is 1. The second-order valence-electron chi connectivity index (χ2n) is 8.38. The van der Waals surface area contributed by atoms with Crippen molar-refractivity contribution in [3.63, 3.8) is 0 Å². The molecule has 4 amide bonds. The third-order valence-electron chi connectivity index (χ3n) is 5.59. The van der Waals surface area contributed by atoms with Gasteiger partial charge in [0, 0.05) is 4.47 Å². The number of barbiturate groups is 1. The summed E-state index contributed by atoms with van der Waals surface area (Å²) in [5.74, 6) is -1.62. The number of carbonyl (C=O) groups is 3. The van der Waals surface area contributed by atoms with Crippen molar-refractivity contribution in [2.24, 2.45) is 0 Å². The molecule has 9 nitrogen and oxygen atoms in total. The third-order valence-corrected chi connectivity index (χ3v) is 7.33. The minimum Gasteiger partial charge on any atom is -0.490 e. The van der Waals surface area contributed by atoms with Crippen molar-refractivity contribution in [3.05, 3.63) is 87.4 Å². The number of amides is 4. The molecule has 1 aliphatic rings. The molecule has 0 unspecified atom stereocenters. The van der Waals surface area contributed by atoms with E-state index in [4.69, 9.17) is 8.92 Å². The predicted octanol–water partition coefficient (Wildman–Crippen LogP) is 4.90. The molecule has 1 fully saturated rings. The first-order valence-corrected chi connectivity index (χ1v) is 13.7. The van der Waals surface area contributed by atoms with Crippen molar-refractivity contribution in [2.45, 2.75) is 25.7 Å². The fourth-order valence-corrected chi connectivity index (χ4v) is 5.15. The maximum Gasteiger partial charge on any atom is 0.339 e. The standard InChI is InChI=1S/C27H23BrN2O7S/c1-4-36-24-15-18(7-12-23(24)37-38(34,35)20-9-5-16(2)6-10-20)14-21-25(31)29-27(33)30(26(21)32)22-11-8-19(28)13-17(22)3/h5-15H,4H2,1-3H3,(H,29,31,33)/b21-14-. The summed E-state index contributed by atoms with van der Waals surface area (Å²) in [5.41, 5.74) is 1.94. The first kappa shape index (κ1) is 27.1. The minimum absolute atomic E-state index is 0.0192. The number of ether oxygens (including phenoxy) is 1. The van der Waals surface area contributed by atoms with Gasteiger partial charge in [0.2, 0.25) is 0 Å². The number of anilines is 1. The molecule has 1 N–H and O–H groups in total. The normalized spacial score (nSPS) is 15.0. The van der Waals surface area contributed by atoms with Gasteiger partial charge in [-0.05, 0) is 80.4 Å². The molecule has 11 heteroatoms. The predicted molar refractivity (Wildman–Crippen MR) is 144 cm³/mol. The maximum atomic E-state index is 13.3. The number of benzene rings is 3. The smallest absolute Gasteiger partial charge is 0.339 e. The van der Waals surface area contributed by atoms with Crippen LogP contribution in [0.4, 0.5) is 10.5 Å². The Labute approximate surface area is 228 Å². The van der Waals surface area contributed by atoms with Crippen molar-refractivity contribution >= 4 is 55.7 Å². The number of nitrogens with zero attached hydrogens (tertiary/aromatic N) is 1. The van der Waals surface area contributed by atoms with Gasteiger partial charge in [0.25, 0.3) is 11.8 Å². The van der Waals surface area contributed by atoms with Crippen LogP contribution in [-0.4, -0.2) is 32.9 Å². The van der Waals surface area contributed by atoms with E-state index in [0.29, 0.717) is 16.8 Å². The molecule has 1 heterocycles. The van der Waals surface area contributed by atoms with E-state index in [1.54, 1.807) is 44.2 Å². The Morgan fingerprint density at radius 1 is 0.947 bits per heavy atom. The van der Waals surface area contributed by atoms with Crippen LogP contribution < -0.4 is 19.1 Å². The Hall–Kier alpha value is -3.96. The second-order valence-corrected chi connectivity index (χ2v) is 10.8. The van der Waals surface area contributed by atoms with Crippen LogP contribution in [-0.2, 0) is 19.7 Å². The van der Waals surface area contributed by atoms with Crippen molar-refractivity contribution in [1.29, 1.82) is 0 Å². The lowest BCUT2D eigenvalue weighted by Gasteiger charge is -2.27. The van der Waals surface area contributed by atoms with Crippen molar-refractivity contribution in [1.82, 2.24) is 5.32 Å². The topological polar surface area (TPSA) is 119 Å². The molecule has 4 rings (SSSR count). The van der Waals surface area contributed by atoms with E-state index in [1.807, 2.05) is 6.92 Å². The van der Waals surface area contributed by atoms with Gasteiger partial charge in [-0.3, -0.25) is 14.9 Å². The van der Waals surface area contributed by atoms with Crippen LogP contribution >= 0.6 is 15.9 Å². The Balaban J connectivity index is 1.68. The van der Waals surface area contributed by atoms with Gasteiger partial charge in [-0.2, -0.15) is 8.42 Å². The van der Waals surface area contributed by atoms with Crippen LogP contribution in [0.3, 0.4) is 0 Å². The van der Waals surface area contributed by atoms with Gasteiger partial charge >= 0.3 is 16.1 Å². The van der Waals surface area contributed by atoms with Crippen LogP contribution in [0.1, 0.15) is 23.6 Å². The number of halogens is 1. The molecule has 1 saturated heterocycles. The lowest BCUT2D eigenvalue weighted by atomic mass is 10.1. The fraction of sp³-hybridized carbons (Fsp3) is 0.148. The second kappa shape index (κ2) is 10.8. The van der Waals surface area contributed by atoms with Crippen molar-refractivity contribution in [2.75, 3.05) is 11.5 Å². The van der Waals surface area contributed by atoms with Crippen LogP contribution in [0.2, 0.25) is 0 Å². The molecule has 0 radical (unpaired) electrons. The monoisotopic (exact) mass is 598 g/mol. The molecule has 0 aromatic heterocycles. The van der Waals surface area contributed by atoms with Crippen LogP contribution in [0.25, 0.3) is 6.08 Å². The summed E-state index contributed by atoms with van der Waals surface area (Å²) in [4.78, 5) is 39.3. The Kier molecular flexibility index (Phi) is 7.70. The van der Waals surface area contributed by atoms with E-state index in [-0.39, 0.29) is 28.6 Å².